The lowest BCUT2D eigenvalue weighted by Gasteiger charge is -2.24. The second-order valence-corrected chi connectivity index (χ2v) is 9.25. The predicted octanol–water partition coefficient (Wildman–Crippen LogP) is 2.40. The van der Waals surface area contributed by atoms with Crippen molar-refractivity contribution in [2.45, 2.75) is 50.5 Å². The molecule has 1 aliphatic heterocycles. The summed E-state index contributed by atoms with van der Waals surface area (Å²) in [6, 6.07) is 20.8. The molecule has 1 atom stereocenters. The number of aromatic nitrogens is 3. The monoisotopic (exact) mass is 540 g/mol. The lowest BCUT2D eigenvalue weighted by atomic mass is 9.96. The van der Waals surface area contributed by atoms with Gasteiger partial charge in [0.2, 0.25) is 0 Å². The maximum absolute atomic E-state index is 10.3. The lowest BCUT2D eigenvalue weighted by Crippen LogP contribution is -2.42. The Bertz CT molecular complexity index is 1200. The summed E-state index contributed by atoms with van der Waals surface area (Å²) in [6.07, 6.45) is 0.313. The van der Waals surface area contributed by atoms with E-state index in [4.69, 9.17) is 25.2 Å². The molecule has 208 valence electrons. The van der Waals surface area contributed by atoms with Crippen LogP contribution in [0.5, 0.6) is 0 Å². The minimum absolute atomic E-state index is 0.311. The molecule has 1 aromatic heterocycles. The van der Waals surface area contributed by atoms with E-state index >= 15 is 0 Å². The molecule has 0 bridgehead atoms. The van der Waals surface area contributed by atoms with Crippen molar-refractivity contribution in [2.24, 2.45) is 0 Å². The van der Waals surface area contributed by atoms with Crippen LogP contribution in [0.15, 0.2) is 60.7 Å². The van der Waals surface area contributed by atoms with Gasteiger partial charge < -0.3 is 25.2 Å². The summed E-state index contributed by atoms with van der Waals surface area (Å²) >= 11 is 0. The van der Waals surface area contributed by atoms with Gasteiger partial charge in [0.15, 0.2) is 5.60 Å². The highest BCUT2D eigenvalue weighted by Gasteiger charge is 2.40. The average Bonchev–Trinajstić information content (AvgIpc) is 3.57. The van der Waals surface area contributed by atoms with E-state index in [0.717, 1.165) is 56.0 Å². The van der Waals surface area contributed by atoms with Crippen molar-refractivity contribution in [1.29, 1.82) is 0 Å². The largest absolute Gasteiger partial charge is 0.481 e. The summed E-state index contributed by atoms with van der Waals surface area (Å²) in [5, 5.41) is 45.4. The molecule has 2 aromatic carbocycles. The number of nitrogens with one attached hydrogen (secondary N) is 1. The highest BCUT2D eigenvalue weighted by molar-refractivity contribution is 5.88. The summed E-state index contributed by atoms with van der Waals surface area (Å²) in [5.41, 5.74) is 1.56. The van der Waals surface area contributed by atoms with Crippen LogP contribution in [0.25, 0.3) is 11.3 Å². The fourth-order valence-corrected chi connectivity index (χ4v) is 4.22. The van der Waals surface area contributed by atoms with Crippen LogP contribution < -0.4 is 0 Å². The third kappa shape index (κ3) is 9.28. The van der Waals surface area contributed by atoms with Crippen LogP contribution in [0.1, 0.15) is 36.9 Å². The third-order valence-corrected chi connectivity index (χ3v) is 6.06. The van der Waals surface area contributed by atoms with E-state index in [1.54, 1.807) is 0 Å². The zero-order chi connectivity index (χ0) is 28.3. The van der Waals surface area contributed by atoms with Gasteiger partial charge in [-0.05, 0) is 18.4 Å². The number of H-pyrrole nitrogens is 1. The first-order chi connectivity index (χ1) is 18.7. The molecule has 3 aromatic rings. The Labute approximate surface area is 224 Å². The molecule has 2 heterocycles. The van der Waals surface area contributed by atoms with Crippen LogP contribution in [0, 0.1) is 0 Å². The number of hydrogen-bond donors (Lipinski definition) is 5. The molecule has 5 N–H and O–H groups in total. The summed E-state index contributed by atoms with van der Waals surface area (Å²) < 4.78 is 5.87. The number of carboxylic acids is 3. The first-order valence-electron chi connectivity index (χ1n) is 12.4. The van der Waals surface area contributed by atoms with E-state index < -0.39 is 36.4 Å². The van der Waals surface area contributed by atoms with Gasteiger partial charge in [-0.3, -0.25) is 14.5 Å². The number of carboxylic acid groups (broad SMARTS) is 3. The number of carbonyl (C=O) groups is 3. The summed E-state index contributed by atoms with van der Waals surface area (Å²) in [4.78, 5) is 32.9. The number of aliphatic hydroxyl groups is 1. The Hall–Kier alpha value is -4.13. The summed E-state index contributed by atoms with van der Waals surface area (Å²) in [5.74, 6) is -5.02. The van der Waals surface area contributed by atoms with Crippen LogP contribution in [-0.2, 0) is 32.2 Å². The van der Waals surface area contributed by atoms with Gasteiger partial charge in [-0.15, -0.1) is 0 Å². The van der Waals surface area contributed by atoms with Crippen molar-refractivity contribution in [3.8, 4) is 11.3 Å². The minimum atomic E-state index is -2.74. The third-order valence-electron chi connectivity index (χ3n) is 6.06. The number of hydrogen-bond acceptors (Lipinski definition) is 8. The molecule has 12 heteroatoms. The Balaban J connectivity index is 0.000000276. The van der Waals surface area contributed by atoms with Crippen LogP contribution in [-0.4, -0.2) is 83.5 Å². The SMILES string of the molecule is O=C(O)CC(O)(CC(=O)O)C(=O)O.c1ccc(CN(Cc2n[nH]nc2-c2ccccc2)CC2CCCO2)cc1. The Morgan fingerprint density at radius 2 is 1.54 bits per heavy atom. The molecule has 1 fully saturated rings. The molecule has 0 spiro atoms. The molecular weight excluding hydrogens is 508 g/mol. The number of nitrogens with zero attached hydrogens (tertiary/aromatic N) is 3. The van der Waals surface area contributed by atoms with Gasteiger partial charge in [0.05, 0.1) is 18.9 Å². The maximum atomic E-state index is 10.3. The van der Waals surface area contributed by atoms with Gasteiger partial charge in [0.25, 0.3) is 0 Å². The van der Waals surface area contributed by atoms with E-state index in [2.05, 4.69) is 62.8 Å². The van der Waals surface area contributed by atoms with Crippen LogP contribution >= 0.6 is 0 Å². The Morgan fingerprint density at radius 1 is 0.923 bits per heavy atom. The lowest BCUT2D eigenvalue weighted by molar-refractivity contribution is -0.170. The quantitative estimate of drug-likeness (QED) is 0.227. The summed E-state index contributed by atoms with van der Waals surface area (Å²) in [6.45, 7) is 3.41. The molecule has 1 aliphatic rings. The molecule has 0 saturated carbocycles. The molecule has 0 radical (unpaired) electrons. The number of aromatic amines is 1. The van der Waals surface area contributed by atoms with Gasteiger partial charge in [-0.1, -0.05) is 60.7 Å². The van der Waals surface area contributed by atoms with Gasteiger partial charge in [0, 0.05) is 31.8 Å². The van der Waals surface area contributed by atoms with E-state index in [1.807, 2.05) is 18.2 Å². The van der Waals surface area contributed by atoms with E-state index in [1.165, 1.54) is 5.56 Å². The topological polar surface area (TPSA) is 186 Å². The molecule has 4 rings (SSSR count). The molecule has 12 nitrogen and oxygen atoms in total. The predicted molar refractivity (Wildman–Crippen MR) is 138 cm³/mol. The first-order valence-corrected chi connectivity index (χ1v) is 12.4. The highest BCUT2D eigenvalue weighted by Crippen LogP contribution is 2.22. The van der Waals surface area contributed by atoms with Crippen molar-refractivity contribution in [3.63, 3.8) is 0 Å². The molecule has 39 heavy (non-hydrogen) atoms. The zero-order valence-electron chi connectivity index (χ0n) is 21.3. The normalized spacial score (nSPS) is 15.0. The van der Waals surface area contributed by atoms with Crippen LogP contribution in [0.3, 0.4) is 0 Å². The smallest absolute Gasteiger partial charge is 0.336 e. The number of rotatable bonds is 12. The van der Waals surface area contributed by atoms with Crippen LogP contribution in [0.4, 0.5) is 0 Å². The molecular formula is C27H32N4O8. The molecule has 0 aliphatic carbocycles. The van der Waals surface area contributed by atoms with Gasteiger partial charge >= 0.3 is 17.9 Å². The second-order valence-electron chi connectivity index (χ2n) is 9.25. The maximum Gasteiger partial charge on any atom is 0.336 e. The van der Waals surface area contributed by atoms with Gasteiger partial charge in [-0.25, -0.2) is 4.79 Å². The van der Waals surface area contributed by atoms with Crippen molar-refractivity contribution >= 4 is 17.9 Å². The van der Waals surface area contributed by atoms with E-state index in [0.29, 0.717) is 6.10 Å². The number of aliphatic carboxylic acids is 3. The van der Waals surface area contributed by atoms with Crippen molar-refractivity contribution in [3.05, 3.63) is 71.9 Å². The number of benzene rings is 2. The number of ether oxygens (including phenoxy) is 1. The van der Waals surface area contributed by atoms with Crippen LogP contribution in [0.2, 0.25) is 0 Å². The van der Waals surface area contributed by atoms with E-state index in [9.17, 15) is 14.4 Å². The molecule has 1 unspecified atom stereocenters. The fourth-order valence-electron chi connectivity index (χ4n) is 4.22. The van der Waals surface area contributed by atoms with Crippen molar-refractivity contribution < 1.29 is 39.5 Å². The van der Waals surface area contributed by atoms with Gasteiger partial charge in [0.1, 0.15) is 11.4 Å². The fraction of sp³-hybridized carbons (Fsp3) is 0.370. The average molecular weight is 541 g/mol. The van der Waals surface area contributed by atoms with E-state index in [-0.39, 0.29) is 0 Å². The first kappa shape index (κ1) is 29.4. The second kappa shape index (κ2) is 14.1. The Kier molecular flexibility index (Phi) is 10.7. The van der Waals surface area contributed by atoms with Crippen molar-refractivity contribution in [2.75, 3.05) is 13.2 Å². The standard InChI is InChI=1S/C21H24N4O.C6H8O7/c1-3-8-17(9-4-1)14-25(15-19-12-7-13-26-19)16-20-21(23-24-22-20)18-10-5-2-6-11-18;7-3(8)1-6(13,5(11)12)2-4(9)10/h1-6,8-11,19H,7,12-16H2,(H,22,23,24);13H,1-2H2,(H,7,8)(H,9,10)(H,11,12). The minimum Gasteiger partial charge on any atom is -0.481 e. The highest BCUT2D eigenvalue weighted by atomic mass is 16.5. The van der Waals surface area contributed by atoms with Crippen molar-refractivity contribution in [1.82, 2.24) is 20.3 Å². The zero-order valence-corrected chi connectivity index (χ0v) is 21.3. The van der Waals surface area contributed by atoms with Gasteiger partial charge in [-0.2, -0.15) is 15.4 Å². The summed E-state index contributed by atoms with van der Waals surface area (Å²) in [7, 11) is 0. The molecule has 1 saturated heterocycles. The molecule has 0 amide bonds. The Morgan fingerprint density at radius 3 is 2.08 bits per heavy atom.